The number of carboxylic acids is 1. The number of esters is 1. The summed E-state index contributed by atoms with van der Waals surface area (Å²) in [6.45, 7) is 1.54. The van der Waals surface area contributed by atoms with E-state index in [0.29, 0.717) is 40.3 Å². The van der Waals surface area contributed by atoms with Crippen LogP contribution < -0.4 is 5.32 Å². The summed E-state index contributed by atoms with van der Waals surface area (Å²) in [6.07, 6.45) is 2.59. The average Bonchev–Trinajstić information content (AvgIpc) is 3.25. The van der Waals surface area contributed by atoms with Gasteiger partial charge in [0.1, 0.15) is 0 Å². The molecule has 1 aromatic carbocycles. The average molecular weight is 526 g/mol. The lowest BCUT2D eigenvalue weighted by Crippen LogP contribution is -2.57. The molecular weight excluding hydrogens is 505 g/mol. The Bertz CT molecular complexity index is 1110. The molecule has 3 saturated heterocycles. The Morgan fingerprint density at radius 1 is 1.21 bits per heavy atom. The molecule has 0 radical (unpaired) electrons. The maximum Gasteiger partial charge on any atom is 0.412 e. The Balaban J connectivity index is 1.36. The molecule has 3 aliphatic heterocycles. The molecule has 1 atom stereocenters. The van der Waals surface area contributed by atoms with E-state index < -0.39 is 24.3 Å². The summed E-state index contributed by atoms with van der Waals surface area (Å²) in [5.74, 6) is -1.59. The van der Waals surface area contributed by atoms with Crippen molar-refractivity contribution in [1.29, 1.82) is 0 Å². The molecule has 2 bridgehead atoms. The number of piperidine rings is 3. The summed E-state index contributed by atoms with van der Waals surface area (Å²) in [5.41, 5.74) is 2.02. The number of carbonyl (C=O) groups is 3. The zero-order valence-electron chi connectivity index (χ0n) is 17.8. The zero-order chi connectivity index (χ0) is 24.3. The number of fused-ring (bicyclic) bond motifs is 3. The first-order valence-corrected chi connectivity index (χ1v) is 12.1. The van der Waals surface area contributed by atoms with Crippen molar-refractivity contribution in [2.45, 2.75) is 25.5 Å². The number of aromatic nitrogens is 1. The first kappa shape index (κ1) is 24.5. The lowest BCUT2D eigenvalue weighted by molar-refractivity contribution is -0.178. The molecule has 2 N–H and O–H groups in total. The Morgan fingerprint density at radius 2 is 1.91 bits per heavy atom. The second kappa shape index (κ2) is 10.3. The van der Waals surface area contributed by atoms with Crippen LogP contribution in [-0.2, 0) is 19.1 Å². The standard InChI is InChI=1S/C22H21Cl2N3O6S/c23-14-7-13(8-15(24)9-14)19-20(25-12-34-19)26-21(31)32-11-22-3-5-27(6-4-22)16(10-22)33-18(30)2-1-17(28)29/h1-2,7-9,12,16H,3-6,10-11H2,(H,26,31)(H,28,29)/b2-1+. The number of nitrogens with one attached hydrogen (secondary N) is 1. The van der Waals surface area contributed by atoms with Crippen molar-refractivity contribution in [3.63, 3.8) is 0 Å². The van der Waals surface area contributed by atoms with Gasteiger partial charge in [-0.2, -0.15) is 0 Å². The molecule has 5 rings (SSSR count). The molecule has 4 heterocycles. The van der Waals surface area contributed by atoms with Gasteiger partial charge in [0.15, 0.2) is 12.0 Å². The third kappa shape index (κ3) is 5.87. The Morgan fingerprint density at radius 3 is 2.59 bits per heavy atom. The van der Waals surface area contributed by atoms with E-state index >= 15 is 0 Å². The predicted molar refractivity (Wildman–Crippen MR) is 127 cm³/mol. The summed E-state index contributed by atoms with van der Waals surface area (Å²) in [4.78, 5) is 42.0. The Hall–Kier alpha value is -2.66. The fraction of sp³-hybridized carbons (Fsp3) is 0.364. The summed E-state index contributed by atoms with van der Waals surface area (Å²) in [7, 11) is 0. The van der Waals surface area contributed by atoms with Crippen LogP contribution in [0.2, 0.25) is 10.0 Å². The number of benzene rings is 1. The number of ether oxygens (including phenoxy) is 2. The normalized spacial score (nSPS) is 23.6. The fourth-order valence-electron chi connectivity index (χ4n) is 4.20. The molecule has 34 heavy (non-hydrogen) atoms. The topological polar surface area (TPSA) is 118 Å². The minimum atomic E-state index is -1.22. The molecule has 1 aromatic heterocycles. The van der Waals surface area contributed by atoms with Gasteiger partial charge in [-0.25, -0.2) is 19.4 Å². The van der Waals surface area contributed by atoms with Gasteiger partial charge in [0.25, 0.3) is 0 Å². The molecule has 9 nitrogen and oxygen atoms in total. The zero-order valence-corrected chi connectivity index (χ0v) is 20.2. The van der Waals surface area contributed by atoms with Crippen LogP contribution in [0.1, 0.15) is 19.3 Å². The summed E-state index contributed by atoms with van der Waals surface area (Å²) in [5, 5.41) is 12.3. The lowest BCUT2D eigenvalue weighted by atomic mass is 9.72. The third-order valence-electron chi connectivity index (χ3n) is 5.91. The highest BCUT2D eigenvalue weighted by Gasteiger charge is 2.47. The van der Waals surface area contributed by atoms with Crippen LogP contribution in [0, 0.1) is 5.41 Å². The van der Waals surface area contributed by atoms with Gasteiger partial charge in [-0.3, -0.25) is 10.2 Å². The third-order valence-corrected chi connectivity index (χ3v) is 7.22. The number of rotatable bonds is 7. The smallest absolute Gasteiger partial charge is 0.412 e. The van der Waals surface area contributed by atoms with E-state index in [1.807, 2.05) is 4.90 Å². The van der Waals surface area contributed by atoms with E-state index in [1.54, 1.807) is 23.7 Å². The van der Waals surface area contributed by atoms with E-state index in [1.165, 1.54) is 11.3 Å². The number of thiazole rings is 1. The minimum Gasteiger partial charge on any atom is -0.478 e. The van der Waals surface area contributed by atoms with Crippen LogP contribution in [0.15, 0.2) is 35.9 Å². The summed E-state index contributed by atoms with van der Waals surface area (Å²) in [6, 6.07) is 5.09. The van der Waals surface area contributed by atoms with Gasteiger partial charge in [0.05, 0.1) is 17.0 Å². The summed E-state index contributed by atoms with van der Waals surface area (Å²) >= 11 is 13.5. The van der Waals surface area contributed by atoms with Crippen molar-refractivity contribution in [2.24, 2.45) is 5.41 Å². The quantitative estimate of drug-likeness (QED) is 0.395. The first-order valence-electron chi connectivity index (χ1n) is 10.4. The number of hydrogen-bond donors (Lipinski definition) is 2. The van der Waals surface area contributed by atoms with Gasteiger partial charge in [-0.1, -0.05) is 23.2 Å². The van der Waals surface area contributed by atoms with Crippen molar-refractivity contribution in [1.82, 2.24) is 9.88 Å². The highest BCUT2D eigenvalue weighted by atomic mass is 35.5. The van der Waals surface area contributed by atoms with Crippen LogP contribution in [-0.4, -0.2) is 58.9 Å². The lowest BCUT2D eigenvalue weighted by Gasteiger charge is -2.51. The number of carboxylic acid groups (broad SMARTS) is 1. The molecule has 1 unspecified atom stereocenters. The number of halogens is 2. The molecule has 0 saturated carbocycles. The molecule has 12 heteroatoms. The van der Waals surface area contributed by atoms with E-state index in [9.17, 15) is 14.4 Å². The number of amides is 1. The van der Waals surface area contributed by atoms with Gasteiger partial charge in [-0.15, -0.1) is 11.3 Å². The molecule has 2 aromatic rings. The Kier molecular flexibility index (Phi) is 7.42. The SMILES string of the molecule is O=C(O)/C=C/C(=O)OC1CC2(COC(=O)Nc3ncsc3-c3cc(Cl)cc(Cl)c3)CCN1CC2. The van der Waals surface area contributed by atoms with Crippen LogP contribution in [0.3, 0.4) is 0 Å². The molecule has 180 valence electrons. The van der Waals surface area contributed by atoms with Gasteiger partial charge in [0.2, 0.25) is 0 Å². The second-order valence-corrected chi connectivity index (χ2v) is 9.92. The van der Waals surface area contributed by atoms with Crippen LogP contribution in [0.4, 0.5) is 10.6 Å². The maximum absolute atomic E-state index is 12.6. The van der Waals surface area contributed by atoms with Crippen LogP contribution in [0.25, 0.3) is 10.4 Å². The van der Waals surface area contributed by atoms with Crippen LogP contribution >= 0.6 is 34.5 Å². The Labute approximate surface area is 209 Å². The first-order chi connectivity index (χ1) is 16.2. The number of anilines is 1. The largest absolute Gasteiger partial charge is 0.478 e. The molecular formula is C22H21Cl2N3O6S. The monoisotopic (exact) mass is 525 g/mol. The number of carbonyl (C=O) groups excluding carboxylic acids is 2. The van der Waals surface area contributed by atoms with E-state index in [-0.39, 0.29) is 12.0 Å². The van der Waals surface area contributed by atoms with Gasteiger partial charge in [-0.05, 0) is 36.6 Å². The number of nitrogens with zero attached hydrogens (tertiary/aromatic N) is 2. The second-order valence-electron chi connectivity index (χ2n) is 8.19. The molecule has 3 fully saturated rings. The van der Waals surface area contributed by atoms with E-state index in [4.69, 9.17) is 37.8 Å². The molecule has 0 spiro atoms. The minimum absolute atomic E-state index is 0.161. The van der Waals surface area contributed by atoms with Crippen molar-refractivity contribution in [3.05, 3.63) is 45.9 Å². The molecule has 3 aliphatic rings. The van der Waals surface area contributed by atoms with E-state index in [0.717, 1.165) is 30.6 Å². The fourth-order valence-corrected chi connectivity index (χ4v) is 5.46. The highest BCUT2D eigenvalue weighted by Crippen LogP contribution is 2.44. The van der Waals surface area contributed by atoms with Gasteiger partial charge < -0.3 is 14.6 Å². The van der Waals surface area contributed by atoms with Crippen LogP contribution in [0.5, 0.6) is 0 Å². The van der Waals surface area contributed by atoms with Crippen molar-refractivity contribution < 1.29 is 29.0 Å². The van der Waals surface area contributed by atoms with Crippen molar-refractivity contribution >= 4 is 58.4 Å². The maximum atomic E-state index is 12.6. The molecule has 1 amide bonds. The molecule has 0 aliphatic carbocycles. The highest BCUT2D eigenvalue weighted by molar-refractivity contribution is 7.13. The summed E-state index contributed by atoms with van der Waals surface area (Å²) < 4.78 is 11.0. The van der Waals surface area contributed by atoms with Crippen molar-refractivity contribution in [3.8, 4) is 10.4 Å². The van der Waals surface area contributed by atoms with E-state index in [2.05, 4.69) is 10.3 Å². The van der Waals surface area contributed by atoms with Gasteiger partial charge in [0, 0.05) is 47.1 Å². The van der Waals surface area contributed by atoms with Gasteiger partial charge >= 0.3 is 18.0 Å². The number of aliphatic carboxylic acids is 1. The predicted octanol–water partition coefficient (Wildman–Crippen LogP) is 4.66. The number of hydrogen-bond acceptors (Lipinski definition) is 8. The van der Waals surface area contributed by atoms with Crippen molar-refractivity contribution in [2.75, 3.05) is 25.0 Å².